The second kappa shape index (κ2) is 5.70. The summed E-state index contributed by atoms with van der Waals surface area (Å²) in [4.78, 5) is 11.4. The molecule has 3 nitrogen and oxygen atoms in total. The van der Waals surface area contributed by atoms with Crippen molar-refractivity contribution in [2.45, 2.75) is 18.8 Å². The van der Waals surface area contributed by atoms with Crippen molar-refractivity contribution in [1.29, 1.82) is 0 Å². The van der Waals surface area contributed by atoms with E-state index in [0.717, 1.165) is 6.42 Å². The van der Waals surface area contributed by atoms with Crippen molar-refractivity contribution in [3.63, 3.8) is 0 Å². The molecule has 0 aromatic carbocycles. The molecule has 0 aromatic rings. The quantitative estimate of drug-likeness (QED) is 0.509. The minimum atomic E-state index is -3.66. The Hall–Kier alpha value is -0.970. The van der Waals surface area contributed by atoms with Crippen LogP contribution in [0.5, 0.6) is 0 Å². The van der Waals surface area contributed by atoms with Crippen molar-refractivity contribution in [2.75, 3.05) is 20.1 Å². The van der Waals surface area contributed by atoms with Crippen LogP contribution in [0.25, 0.3) is 0 Å². The first-order chi connectivity index (χ1) is 6.40. The highest BCUT2D eigenvalue weighted by Crippen LogP contribution is 2.14. The van der Waals surface area contributed by atoms with E-state index in [1.807, 2.05) is 0 Å². The second-order valence-corrected chi connectivity index (χ2v) is 3.18. The van der Waals surface area contributed by atoms with Crippen LogP contribution in [-0.4, -0.2) is 42.0 Å². The molecule has 0 amide bonds. The number of unbranched alkanes of at least 4 members (excludes halogenated alkanes) is 1. The molecule has 0 spiro atoms. The molecule has 0 heterocycles. The number of carboxylic acid groups (broad SMARTS) is 1. The molecule has 0 aliphatic rings. The van der Waals surface area contributed by atoms with Gasteiger partial charge in [0.1, 0.15) is 0 Å². The van der Waals surface area contributed by atoms with Gasteiger partial charge in [0.25, 0.3) is 0 Å². The number of hydrogen-bond acceptors (Lipinski definition) is 2. The highest BCUT2D eigenvalue weighted by Gasteiger charge is 2.39. The maximum atomic E-state index is 12.6. The fourth-order valence-corrected chi connectivity index (χ4v) is 0.991. The van der Waals surface area contributed by atoms with Crippen LogP contribution < -0.4 is 0 Å². The fraction of sp³-hybridized carbons (Fsp3) is 0.667. The van der Waals surface area contributed by atoms with Gasteiger partial charge in [0.05, 0.1) is 6.54 Å². The zero-order valence-electron chi connectivity index (χ0n) is 8.17. The van der Waals surface area contributed by atoms with Crippen LogP contribution in [0.4, 0.5) is 8.78 Å². The Labute approximate surface area is 82.0 Å². The molecule has 0 aliphatic carbocycles. The molecule has 0 atom stereocenters. The first-order valence-electron chi connectivity index (χ1n) is 4.31. The van der Waals surface area contributed by atoms with E-state index in [1.54, 1.807) is 6.08 Å². The monoisotopic (exact) mass is 207 g/mol. The van der Waals surface area contributed by atoms with Crippen molar-refractivity contribution in [2.24, 2.45) is 0 Å². The van der Waals surface area contributed by atoms with Gasteiger partial charge in [0, 0.05) is 0 Å². The molecule has 0 aliphatic heterocycles. The lowest BCUT2D eigenvalue weighted by molar-refractivity contribution is -0.166. The van der Waals surface area contributed by atoms with Gasteiger partial charge >= 0.3 is 11.9 Å². The van der Waals surface area contributed by atoms with Crippen molar-refractivity contribution in [3.05, 3.63) is 12.7 Å². The van der Waals surface area contributed by atoms with E-state index in [2.05, 4.69) is 6.58 Å². The average Bonchev–Trinajstić information content (AvgIpc) is 2.03. The van der Waals surface area contributed by atoms with Crippen LogP contribution in [0, 0.1) is 0 Å². The Morgan fingerprint density at radius 2 is 2.21 bits per heavy atom. The third kappa shape index (κ3) is 4.91. The number of aliphatic carboxylic acids is 1. The minimum absolute atomic E-state index is 0.439. The highest BCUT2D eigenvalue weighted by atomic mass is 19.3. The Bertz CT molecular complexity index is 207. The Morgan fingerprint density at radius 1 is 1.64 bits per heavy atom. The van der Waals surface area contributed by atoms with Crippen LogP contribution >= 0.6 is 0 Å². The fourth-order valence-electron chi connectivity index (χ4n) is 0.991. The summed E-state index contributed by atoms with van der Waals surface area (Å²) in [5.74, 6) is -5.74. The lowest BCUT2D eigenvalue weighted by Gasteiger charge is -2.20. The maximum absolute atomic E-state index is 12.6. The zero-order valence-corrected chi connectivity index (χ0v) is 8.17. The van der Waals surface area contributed by atoms with Gasteiger partial charge in [-0.15, -0.1) is 6.58 Å². The lowest BCUT2D eigenvalue weighted by atomic mass is 10.2. The molecule has 0 saturated carbocycles. The molecular weight excluding hydrogens is 192 g/mol. The maximum Gasteiger partial charge on any atom is 0.375 e. The van der Waals surface area contributed by atoms with Crippen molar-refractivity contribution >= 4 is 5.97 Å². The number of carbonyl (C=O) groups is 1. The van der Waals surface area contributed by atoms with Crippen LogP contribution in [0.3, 0.4) is 0 Å². The molecule has 1 N–H and O–H groups in total. The largest absolute Gasteiger partial charge is 0.477 e. The number of allylic oxidation sites excluding steroid dienone is 1. The summed E-state index contributed by atoms with van der Waals surface area (Å²) in [6.45, 7) is 3.19. The van der Waals surface area contributed by atoms with Crippen LogP contribution in [0.1, 0.15) is 12.8 Å². The van der Waals surface area contributed by atoms with Crippen molar-refractivity contribution in [3.8, 4) is 0 Å². The minimum Gasteiger partial charge on any atom is -0.477 e. The van der Waals surface area contributed by atoms with Gasteiger partial charge < -0.3 is 10.0 Å². The van der Waals surface area contributed by atoms with E-state index in [0.29, 0.717) is 13.0 Å². The number of nitrogens with zero attached hydrogens (tertiary/aromatic N) is 1. The normalized spacial score (nSPS) is 11.7. The molecule has 14 heavy (non-hydrogen) atoms. The summed E-state index contributed by atoms with van der Waals surface area (Å²) in [7, 11) is 1.47. The molecule has 0 rings (SSSR count). The van der Waals surface area contributed by atoms with E-state index in [1.165, 1.54) is 11.9 Å². The summed E-state index contributed by atoms with van der Waals surface area (Å²) in [6.07, 6.45) is 3.14. The third-order valence-electron chi connectivity index (χ3n) is 1.73. The van der Waals surface area contributed by atoms with E-state index >= 15 is 0 Å². The van der Waals surface area contributed by atoms with Gasteiger partial charge in [0.2, 0.25) is 0 Å². The number of hydrogen-bond donors (Lipinski definition) is 1. The first-order valence-corrected chi connectivity index (χ1v) is 4.31. The van der Waals surface area contributed by atoms with Gasteiger partial charge in [-0.3, -0.25) is 0 Å². The van der Waals surface area contributed by atoms with Crippen molar-refractivity contribution in [1.82, 2.24) is 4.90 Å². The van der Waals surface area contributed by atoms with Gasteiger partial charge in [-0.25, -0.2) is 4.79 Å². The Kier molecular flexibility index (Phi) is 5.30. The van der Waals surface area contributed by atoms with Gasteiger partial charge in [-0.1, -0.05) is 6.08 Å². The van der Waals surface area contributed by atoms with E-state index in [4.69, 9.17) is 5.11 Å². The summed E-state index contributed by atoms with van der Waals surface area (Å²) < 4.78 is 25.3. The molecule has 0 unspecified atom stereocenters. The molecule has 0 aromatic heterocycles. The predicted octanol–water partition coefficient (Wildman–Crippen LogP) is 1.60. The number of halogens is 2. The molecule has 82 valence electrons. The molecular formula is C9H15F2NO2. The topological polar surface area (TPSA) is 40.5 Å². The second-order valence-electron chi connectivity index (χ2n) is 3.18. The lowest BCUT2D eigenvalue weighted by Crippen LogP contribution is -2.41. The standard InChI is InChI=1S/C9H15F2NO2/c1-3-4-5-6-12(2)7-9(10,11)8(13)14/h3H,1,4-7H2,2H3,(H,13,14). The first kappa shape index (κ1) is 13.0. The molecule has 5 heteroatoms. The summed E-state index contributed by atoms with van der Waals surface area (Å²) >= 11 is 0. The average molecular weight is 207 g/mol. The number of alkyl halides is 2. The molecule has 0 fully saturated rings. The highest BCUT2D eigenvalue weighted by molar-refractivity contribution is 5.75. The van der Waals surface area contributed by atoms with Gasteiger partial charge in [-0.2, -0.15) is 8.78 Å². The number of rotatable bonds is 7. The Balaban J connectivity index is 3.86. The van der Waals surface area contributed by atoms with Gasteiger partial charge in [0.15, 0.2) is 0 Å². The summed E-state index contributed by atoms with van der Waals surface area (Å²) in [5.41, 5.74) is 0. The third-order valence-corrected chi connectivity index (χ3v) is 1.73. The van der Waals surface area contributed by atoms with E-state index in [-0.39, 0.29) is 0 Å². The number of carboxylic acids is 1. The smallest absolute Gasteiger partial charge is 0.375 e. The zero-order chi connectivity index (χ0) is 11.2. The molecule has 0 bridgehead atoms. The van der Waals surface area contributed by atoms with Crippen LogP contribution in [0.2, 0.25) is 0 Å². The molecule has 0 saturated heterocycles. The van der Waals surface area contributed by atoms with Gasteiger partial charge in [-0.05, 0) is 26.4 Å². The van der Waals surface area contributed by atoms with Crippen molar-refractivity contribution < 1.29 is 18.7 Å². The van der Waals surface area contributed by atoms with Crippen LogP contribution in [-0.2, 0) is 4.79 Å². The van der Waals surface area contributed by atoms with E-state index in [9.17, 15) is 13.6 Å². The van der Waals surface area contributed by atoms with E-state index < -0.39 is 18.4 Å². The predicted molar refractivity (Wildman–Crippen MR) is 49.5 cm³/mol. The molecule has 0 radical (unpaired) electrons. The summed E-state index contributed by atoms with van der Waals surface area (Å²) in [6, 6.07) is 0. The SMILES string of the molecule is C=CCCCN(C)CC(F)(F)C(=O)O. The summed E-state index contributed by atoms with van der Waals surface area (Å²) in [5, 5.41) is 8.17. The Morgan fingerprint density at radius 3 is 2.64 bits per heavy atom. The van der Waals surface area contributed by atoms with Crippen LogP contribution in [0.15, 0.2) is 12.7 Å².